The van der Waals surface area contributed by atoms with Crippen molar-refractivity contribution < 1.29 is 19.1 Å². The summed E-state index contributed by atoms with van der Waals surface area (Å²) in [6.45, 7) is 9.68. The second-order valence-corrected chi connectivity index (χ2v) is 8.92. The van der Waals surface area contributed by atoms with Crippen LogP contribution in [0.5, 0.6) is 5.75 Å². The van der Waals surface area contributed by atoms with Gasteiger partial charge < -0.3 is 25.2 Å². The number of hydrogen-bond donors (Lipinski definition) is 2. The number of hydrogen-bond acceptors (Lipinski definition) is 4. The molecule has 3 rings (SSSR count). The Labute approximate surface area is 207 Å². The Morgan fingerprint density at radius 3 is 2.31 bits per heavy atom. The number of amides is 4. The topological polar surface area (TPSA) is 91.0 Å². The molecule has 0 radical (unpaired) electrons. The molecule has 0 spiro atoms. The highest BCUT2D eigenvalue weighted by atomic mass is 16.5. The molecule has 8 nitrogen and oxygen atoms in total. The summed E-state index contributed by atoms with van der Waals surface area (Å²) in [5.74, 6) is 0.523. The van der Waals surface area contributed by atoms with Crippen molar-refractivity contribution in [3.8, 4) is 5.75 Å². The van der Waals surface area contributed by atoms with Crippen LogP contribution < -0.4 is 15.4 Å². The Hall–Kier alpha value is -3.55. The number of carbonyl (C=O) groups is 3. The minimum absolute atomic E-state index is 0.0310. The third-order valence-corrected chi connectivity index (χ3v) is 6.41. The van der Waals surface area contributed by atoms with Gasteiger partial charge in [0, 0.05) is 36.9 Å². The smallest absolute Gasteiger partial charge is 0.319 e. The molecule has 0 saturated carbocycles. The first kappa shape index (κ1) is 26.1. The average molecular weight is 481 g/mol. The van der Waals surface area contributed by atoms with Gasteiger partial charge >= 0.3 is 6.03 Å². The Balaban J connectivity index is 1.62. The van der Waals surface area contributed by atoms with Crippen molar-refractivity contribution >= 4 is 23.5 Å². The molecule has 3 unspecified atom stereocenters. The van der Waals surface area contributed by atoms with Crippen molar-refractivity contribution in [1.29, 1.82) is 0 Å². The van der Waals surface area contributed by atoms with Crippen molar-refractivity contribution in [2.45, 2.75) is 46.2 Å². The van der Waals surface area contributed by atoms with Crippen molar-refractivity contribution in [1.82, 2.24) is 15.1 Å². The van der Waals surface area contributed by atoms with Crippen LogP contribution in [0.1, 0.15) is 44.5 Å². The van der Waals surface area contributed by atoms with Crippen LogP contribution >= 0.6 is 0 Å². The molecular weight excluding hydrogens is 444 g/mol. The van der Waals surface area contributed by atoms with Crippen LogP contribution in [-0.2, 0) is 4.79 Å². The molecule has 1 aliphatic rings. The fourth-order valence-electron chi connectivity index (χ4n) is 4.20. The van der Waals surface area contributed by atoms with Gasteiger partial charge in [-0.05, 0) is 56.2 Å². The third kappa shape index (κ3) is 6.74. The normalized spacial score (nSPS) is 17.3. The van der Waals surface area contributed by atoms with Gasteiger partial charge in [0.2, 0.25) is 5.91 Å². The number of benzene rings is 2. The second kappa shape index (κ2) is 12.2. The summed E-state index contributed by atoms with van der Waals surface area (Å²) < 4.78 is 5.43. The van der Waals surface area contributed by atoms with Gasteiger partial charge in [-0.25, -0.2) is 4.79 Å². The van der Waals surface area contributed by atoms with Crippen LogP contribution in [0.4, 0.5) is 10.5 Å². The van der Waals surface area contributed by atoms with Crippen LogP contribution in [0.2, 0.25) is 0 Å². The first-order valence-corrected chi connectivity index (χ1v) is 12.3. The van der Waals surface area contributed by atoms with Crippen LogP contribution in [-0.4, -0.2) is 66.0 Å². The monoisotopic (exact) mass is 480 g/mol. The van der Waals surface area contributed by atoms with Crippen molar-refractivity contribution in [3.63, 3.8) is 0 Å². The lowest BCUT2D eigenvalue weighted by molar-refractivity contribution is -0.136. The van der Waals surface area contributed by atoms with Crippen molar-refractivity contribution in [2.24, 2.45) is 5.92 Å². The number of piperazine rings is 1. The van der Waals surface area contributed by atoms with E-state index in [4.69, 9.17) is 4.74 Å². The van der Waals surface area contributed by atoms with E-state index >= 15 is 0 Å². The molecule has 1 heterocycles. The average Bonchev–Trinajstić information content (AvgIpc) is 2.87. The highest BCUT2D eigenvalue weighted by Gasteiger charge is 2.35. The fraction of sp³-hybridized carbons (Fsp3) is 0.444. The van der Waals surface area contributed by atoms with Crippen molar-refractivity contribution in [3.05, 3.63) is 60.2 Å². The number of carbonyl (C=O) groups excluding carboxylic acids is 3. The van der Waals surface area contributed by atoms with E-state index in [2.05, 4.69) is 10.6 Å². The molecule has 0 aromatic heterocycles. The molecule has 35 heavy (non-hydrogen) atoms. The van der Waals surface area contributed by atoms with E-state index in [0.717, 1.165) is 12.2 Å². The molecule has 2 aromatic rings. The number of anilines is 1. The summed E-state index contributed by atoms with van der Waals surface area (Å²) in [5, 5.41) is 5.67. The molecule has 1 aliphatic heterocycles. The zero-order chi connectivity index (χ0) is 25.4. The number of ether oxygens (including phenoxy) is 1. The predicted molar refractivity (Wildman–Crippen MR) is 137 cm³/mol. The van der Waals surface area contributed by atoms with Crippen LogP contribution in [0.25, 0.3) is 0 Å². The summed E-state index contributed by atoms with van der Waals surface area (Å²) in [7, 11) is 0. The number of rotatable bonds is 8. The van der Waals surface area contributed by atoms with E-state index in [1.807, 2.05) is 50.8 Å². The van der Waals surface area contributed by atoms with Gasteiger partial charge in [0.05, 0.1) is 6.61 Å². The Morgan fingerprint density at radius 2 is 1.71 bits per heavy atom. The molecule has 1 saturated heterocycles. The molecule has 3 atom stereocenters. The molecule has 2 N–H and O–H groups in total. The molecule has 0 bridgehead atoms. The van der Waals surface area contributed by atoms with E-state index in [0.29, 0.717) is 37.5 Å². The van der Waals surface area contributed by atoms with Crippen LogP contribution in [0, 0.1) is 5.92 Å². The largest absolute Gasteiger partial charge is 0.494 e. The Bertz CT molecular complexity index is 996. The maximum absolute atomic E-state index is 13.5. The van der Waals surface area contributed by atoms with Gasteiger partial charge in [-0.1, -0.05) is 38.5 Å². The van der Waals surface area contributed by atoms with E-state index in [1.54, 1.807) is 41.3 Å². The maximum atomic E-state index is 13.5. The minimum atomic E-state index is -0.661. The predicted octanol–water partition coefficient (Wildman–Crippen LogP) is 3.99. The summed E-state index contributed by atoms with van der Waals surface area (Å²) >= 11 is 0. The Morgan fingerprint density at radius 1 is 1.03 bits per heavy atom. The lowest BCUT2D eigenvalue weighted by Gasteiger charge is -2.41. The summed E-state index contributed by atoms with van der Waals surface area (Å²) in [4.78, 5) is 42.7. The summed E-state index contributed by atoms with van der Waals surface area (Å²) in [6, 6.07) is 15.0. The zero-order valence-electron chi connectivity index (χ0n) is 21.0. The number of nitrogens with zero attached hydrogens (tertiary/aromatic N) is 2. The van der Waals surface area contributed by atoms with E-state index in [9.17, 15) is 14.4 Å². The SMILES string of the molecule is CCOc1ccc(NC(=O)NC(C(=O)N2CCN(C(=O)c3ccccc3)C(C)C2)C(C)CC)cc1. The van der Waals surface area contributed by atoms with Gasteiger partial charge in [0.1, 0.15) is 11.8 Å². The van der Waals surface area contributed by atoms with Gasteiger partial charge in [0.25, 0.3) is 5.91 Å². The molecule has 1 fully saturated rings. The van der Waals surface area contributed by atoms with Gasteiger partial charge in [-0.2, -0.15) is 0 Å². The molecule has 4 amide bonds. The molecule has 8 heteroatoms. The highest BCUT2D eigenvalue weighted by molar-refractivity contribution is 5.95. The van der Waals surface area contributed by atoms with Gasteiger partial charge in [0.15, 0.2) is 0 Å². The second-order valence-electron chi connectivity index (χ2n) is 8.92. The first-order chi connectivity index (χ1) is 16.8. The lowest BCUT2D eigenvalue weighted by Crippen LogP contribution is -2.60. The maximum Gasteiger partial charge on any atom is 0.319 e. The highest BCUT2D eigenvalue weighted by Crippen LogP contribution is 2.19. The Kier molecular flexibility index (Phi) is 9.11. The third-order valence-electron chi connectivity index (χ3n) is 6.41. The molecule has 0 aliphatic carbocycles. The quantitative estimate of drug-likeness (QED) is 0.598. The minimum Gasteiger partial charge on any atom is -0.494 e. The fourth-order valence-corrected chi connectivity index (χ4v) is 4.20. The number of urea groups is 1. The zero-order valence-corrected chi connectivity index (χ0v) is 21.0. The molecule has 188 valence electrons. The van der Waals surface area contributed by atoms with Gasteiger partial charge in [-0.3, -0.25) is 9.59 Å². The van der Waals surface area contributed by atoms with E-state index < -0.39 is 12.1 Å². The standard InChI is InChI=1S/C27H36N4O4/c1-5-19(3)24(29-27(34)28-22-12-14-23(15-13-22)35-6-2)26(33)30-16-17-31(20(4)18-30)25(32)21-10-8-7-9-11-21/h7-15,19-20,24H,5-6,16-18H2,1-4H3,(H2,28,29,34). The first-order valence-electron chi connectivity index (χ1n) is 12.3. The molecule has 2 aromatic carbocycles. The van der Waals surface area contributed by atoms with E-state index in [-0.39, 0.29) is 23.8 Å². The van der Waals surface area contributed by atoms with Crippen LogP contribution in [0.3, 0.4) is 0 Å². The number of nitrogens with one attached hydrogen (secondary N) is 2. The van der Waals surface area contributed by atoms with E-state index in [1.165, 1.54) is 0 Å². The van der Waals surface area contributed by atoms with Crippen molar-refractivity contribution in [2.75, 3.05) is 31.6 Å². The van der Waals surface area contributed by atoms with Crippen LogP contribution in [0.15, 0.2) is 54.6 Å². The molecular formula is C27H36N4O4. The summed E-state index contributed by atoms with van der Waals surface area (Å²) in [5.41, 5.74) is 1.26. The lowest BCUT2D eigenvalue weighted by atomic mass is 9.97. The summed E-state index contributed by atoms with van der Waals surface area (Å²) in [6.07, 6.45) is 0.738. The van der Waals surface area contributed by atoms with Gasteiger partial charge in [-0.15, -0.1) is 0 Å².